The Labute approximate surface area is 104 Å². The highest BCUT2D eigenvalue weighted by Gasteiger charge is 2.00. The van der Waals surface area contributed by atoms with E-state index in [0.29, 0.717) is 0 Å². The van der Waals surface area contributed by atoms with Crippen LogP contribution in [-0.2, 0) is 13.1 Å². The van der Waals surface area contributed by atoms with E-state index in [-0.39, 0.29) is 0 Å². The van der Waals surface area contributed by atoms with E-state index < -0.39 is 0 Å². The van der Waals surface area contributed by atoms with Crippen LogP contribution in [-0.4, -0.2) is 4.98 Å². The molecule has 0 aliphatic heterocycles. The largest absolute Gasteiger partial charge is 0.308 e. The second-order valence-electron chi connectivity index (χ2n) is 3.54. The van der Waals surface area contributed by atoms with E-state index in [1.165, 1.54) is 4.88 Å². The Morgan fingerprint density at radius 2 is 2.12 bits per heavy atom. The van der Waals surface area contributed by atoms with Crippen LogP contribution in [0.5, 0.6) is 0 Å². The summed E-state index contributed by atoms with van der Waals surface area (Å²) >= 11 is 7.78. The van der Waals surface area contributed by atoms with Crippen LogP contribution in [0.4, 0.5) is 0 Å². The van der Waals surface area contributed by atoms with Crippen LogP contribution in [0.15, 0.2) is 30.5 Å². The Bertz CT molecular complexity index is 468. The topological polar surface area (TPSA) is 24.9 Å². The number of nitrogens with one attached hydrogen (secondary N) is 1. The van der Waals surface area contributed by atoms with Crippen molar-refractivity contribution in [3.63, 3.8) is 0 Å². The molecule has 1 aromatic heterocycles. The fourth-order valence-corrected chi connectivity index (χ4v) is 2.42. The predicted molar refractivity (Wildman–Crippen MR) is 68.8 cm³/mol. The second-order valence-corrected chi connectivity index (χ2v) is 5.27. The molecule has 0 fully saturated rings. The summed E-state index contributed by atoms with van der Waals surface area (Å²) in [6, 6.07) is 7.89. The molecule has 0 atom stereocenters. The van der Waals surface area contributed by atoms with Gasteiger partial charge in [0.05, 0.1) is 5.01 Å². The molecule has 0 saturated carbocycles. The molecule has 4 heteroatoms. The summed E-state index contributed by atoms with van der Waals surface area (Å²) in [5, 5.41) is 5.28. The van der Waals surface area contributed by atoms with E-state index in [4.69, 9.17) is 11.6 Å². The SMILES string of the molecule is Cc1ncc(CNCc2ccccc2Cl)s1. The molecule has 0 bridgehead atoms. The quantitative estimate of drug-likeness (QED) is 0.902. The number of nitrogens with zero attached hydrogens (tertiary/aromatic N) is 1. The monoisotopic (exact) mass is 252 g/mol. The molecule has 0 amide bonds. The number of hydrogen-bond acceptors (Lipinski definition) is 3. The predicted octanol–water partition coefficient (Wildman–Crippen LogP) is 3.39. The van der Waals surface area contributed by atoms with Crippen molar-refractivity contribution in [1.82, 2.24) is 10.3 Å². The molecule has 1 N–H and O–H groups in total. The lowest BCUT2D eigenvalue weighted by Gasteiger charge is -2.04. The van der Waals surface area contributed by atoms with Gasteiger partial charge < -0.3 is 5.32 Å². The molecule has 2 aromatic rings. The maximum Gasteiger partial charge on any atom is 0.0897 e. The van der Waals surface area contributed by atoms with Gasteiger partial charge in [-0.05, 0) is 18.6 Å². The van der Waals surface area contributed by atoms with Gasteiger partial charge in [-0.25, -0.2) is 4.98 Å². The zero-order valence-corrected chi connectivity index (χ0v) is 10.6. The molecule has 16 heavy (non-hydrogen) atoms. The van der Waals surface area contributed by atoms with E-state index in [1.54, 1.807) is 11.3 Å². The van der Waals surface area contributed by atoms with Crippen LogP contribution in [0.3, 0.4) is 0 Å². The van der Waals surface area contributed by atoms with Gasteiger partial charge in [-0.1, -0.05) is 29.8 Å². The molecule has 0 radical (unpaired) electrons. The van der Waals surface area contributed by atoms with Crippen molar-refractivity contribution in [2.24, 2.45) is 0 Å². The highest BCUT2D eigenvalue weighted by molar-refractivity contribution is 7.11. The van der Waals surface area contributed by atoms with Crippen molar-refractivity contribution in [1.29, 1.82) is 0 Å². The van der Waals surface area contributed by atoms with Crippen molar-refractivity contribution < 1.29 is 0 Å². The van der Waals surface area contributed by atoms with Crippen LogP contribution in [0.1, 0.15) is 15.4 Å². The summed E-state index contributed by atoms with van der Waals surface area (Å²) in [5.41, 5.74) is 1.13. The summed E-state index contributed by atoms with van der Waals surface area (Å²) < 4.78 is 0. The van der Waals surface area contributed by atoms with Gasteiger partial charge in [-0.3, -0.25) is 0 Å². The average Bonchev–Trinajstić information content (AvgIpc) is 2.67. The highest BCUT2D eigenvalue weighted by Crippen LogP contribution is 2.15. The fraction of sp³-hybridized carbons (Fsp3) is 0.250. The number of hydrogen-bond donors (Lipinski definition) is 1. The minimum atomic E-state index is 0.788. The lowest BCUT2D eigenvalue weighted by Crippen LogP contribution is -2.11. The van der Waals surface area contributed by atoms with Gasteiger partial charge in [-0.2, -0.15) is 0 Å². The highest BCUT2D eigenvalue weighted by atomic mass is 35.5. The summed E-state index contributed by atoms with van der Waals surface area (Å²) in [6.45, 7) is 3.65. The smallest absolute Gasteiger partial charge is 0.0897 e. The molecule has 84 valence electrons. The fourth-order valence-electron chi connectivity index (χ4n) is 1.45. The van der Waals surface area contributed by atoms with Gasteiger partial charge in [0, 0.05) is 29.2 Å². The Hall–Kier alpha value is -0.900. The van der Waals surface area contributed by atoms with Crippen LogP contribution in [0, 0.1) is 6.92 Å². The molecular formula is C12H13ClN2S. The first-order valence-electron chi connectivity index (χ1n) is 5.11. The summed E-state index contributed by atoms with van der Waals surface area (Å²) in [5.74, 6) is 0. The minimum Gasteiger partial charge on any atom is -0.308 e. The minimum absolute atomic E-state index is 0.788. The van der Waals surface area contributed by atoms with Crippen molar-refractivity contribution in [2.75, 3.05) is 0 Å². The number of rotatable bonds is 4. The number of benzene rings is 1. The first-order chi connectivity index (χ1) is 7.75. The van der Waals surface area contributed by atoms with E-state index in [1.807, 2.05) is 37.4 Å². The van der Waals surface area contributed by atoms with E-state index in [0.717, 1.165) is 28.7 Å². The van der Waals surface area contributed by atoms with Crippen molar-refractivity contribution in [2.45, 2.75) is 20.0 Å². The third-order valence-corrected chi connectivity index (χ3v) is 3.52. The number of halogens is 1. The first kappa shape index (κ1) is 11.6. The number of aromatic nitrogens is 1. The summed E-state index contributed by atoms with van der Waals surface area (Å²) in [6.07, 6.45) is 1.92. The zero-order valence-electron chi connectivity index (χ0n) is 9.03. The normalized spacial score (nSPS) is 10.6. The zero-order chi connectivity index (χ0) is 11.4. The van der Waals surface area contributed by atoms with Gasteiger partial charge in [0.1, 0.15) is 0 Å². The Balaban J connectivity index is 1.87. The second kappa shape index (κ2) is 5.43. The van der Waals surface area contributed by atoms with Crippen molar-refractivity contribution >= 4 is 22.9 Å². The lowest BCUT2D eigenvalue weighted by molar-refractivity contribution is 0.700. The van der Waals surface area contributed by atoms with Gasteiger partial charge in [0.25, 0.3) is 0 Å². The molecule has 2 rings (SSSR count). The lowest BCUT2D eigenvalue weighted by atomic mass is 10.2. The van der Waals surface area contributed by atoms with Crippen molar-refractivity contribution in [3.8, 4) is 0 Å². The average molecular weight is 253 g/mol. The standard InChI is InChI=1S/C12H13ClN2S/c1-9-15-8-11(16-9)7-14-6-10-4-2-3-5-12(10)13/h2-5,8,14H,6-7H2,1H3. The van der Waals surface area contributed by atoms with Gasteiger partial charge in [0.2, 0.25) is 0 Å². The van der Waals surface area contributed by atoms with Gasteiger partial charge in [-0.15, -0.1) is 11.3 Å². The molecule has 1 heterocycles. The number of aryl methyl sites for hydroxylation is 1. The number of thiazole rings is 1. The van der Waals surface area contributed by atoms with E-state index in [2.05, 4.69) is 10.3 Å². The molecule has 2 nitrogen and oxygen atoms in total. The molecule has 0 spiro atoms. The molecule has 0 saturated heterocycles. The molecule has 0 aliphatic rings. The Morgan fingerprint density at radius 1 is 1.31 bits per heavy atom. The maximum absolute atomic E-state index is 6.06. The summed E-state index contributed by atoms with van der Waals surface area (Å²) in [7, 11) is 0. The van der Waals surface area contributed by atoms with Gasteiger partial charge in [0.15, 0.2) is 0 Å². The van der Waals surface area contributed by atoms with Crippen molar-refractivity contribution in [3.05, 3.63) is 50.9 Å². The molecular weight excluding hydrogens is 240 g/mol. The van der Waals surface area contributed by atoms with E-state index >= 15 is 0 Å². The summed E-state index contributed by atoms with van der Waals surface area (Å²) in [4.78, 5) is 5.47. The third-order valence-electron chi connectivity index (χ3n) is 2.24. The van der Waals surface area contributed by atoms with Gasteiger partial charge >= 0.3 is 0 Å². The Kier molecular flexibility index (Phi) is 3.93. The van der Waals surface area contributed by atoms with Crippen LogP contribution < -0.4 is 5.32 Å². The Morgan fingerprint density at radius 3 is 2.81 bits per heavy atom. The third kappa shape index (κ3) is 3.04. The van der Waals surface area contributed by atoms with Crippen LogP contribution in [0.2, 0.25) is 5.02 Å². The molecule has 1 aromatic carbocycles. The van der Waals surface area contributed by atoms with Crippen LogP contribution in [0.25, 0.3) is 0 Å². The molecule has 0 aliphatic carbocycles. The van der Waals surface area contributed by atoms with E-state index in [9.17, 15) is 0 Å². The first-order valence-corrected chi connectivity index (χ1v) is 6.30. The van der Waals surface area contributed by atoms with Crippen LogP contribution >= 0.6 is 22.9 Å². The molecule has 0 unspecified atom stereocenters. The maximum atomic E-state index is 6.06.